The summed E-state index contributed by atoms with van der Waals surface area (Å²) in [5, 5.41) is 8.86. The van der Waals surface area contributed by atoms with Gasteiger partial charge in [0.15, 0.2) is 0 Å². The van der Waals surface area contributed by atoms with Crippen LogP contribution in [0.1, 0.15) is 64.2 Å². The first-order chi connectivity index (χ1) is 12.4. The molecule has 4 bridgehead atoms. The molecule has 4 aliphatic carbocycles. The number of hydrogen-bond acceptors (Lipinski definition) is 4. The second kappa shape index (κ2) is 6.72. The first-order valence-electron chi connectivity index (χ1n) is 9.85. The van der Waals surface area contributed by atoms with Crippen LogP contribution < -0.4 is 16.0 Å². The fourth-order valence-electron chi connectivity index (χ4n) is 5.83. The molecule has 1 aromatic rings. The van der Waals surface area contributed by atoms with Gasteiger partial charge in [-0.25, -0.2) is 4.79 Å². The Bertz CT molecular complexity index is 635. The molecule has 0 unspecified atom stereocenters. The molecule has 1 heterocycles. The van der Waals surface area contributed by atoms with E-state index in [9.17, 15) is 9.59 Å². The molecule has 6 nitrogen and oxygen atoms in total. The van der Waals surface area contributed by atoms with Crippen molar-refractivity contribution in [2.24, 2.45) is 17.8 Å². The number of carbonyl (C=O) groups is 2. The fraction of sp³-hybridized carbons (Fsp3) is 0.700. The first kappa shape index (κ1) is 17.6. The van der Waals surface area contributed by atoms with Gasteiger partial charge in [0.05, 0.1) is 18.3 Å². The van der Waals surface area contributed by atoms with Gasteiger partial charge in [-0.05, 0) is 82.3 Å². The van der Waals surface area contributed by atoms with Crippen LogP contribution in [0.4, 0.5) is 4.79 Å². The van der Waals surface area contributed by atoms with Gasteiger partial charge in [-0.1, -0.05) is 0 Å². The van der Waals surface area contributed by atoms with E-state index in [4.69, 9.17) is 4.42 Å². The van der Waals surface area contributed by atoms with Crippen LogP contribution in [-0.2, 0) is 4.79 Å². The normalized spacial score (nSPS) is 34.3. The lowest BCUT2D eigenvalue weighted by Crippen LogP contribution is -2.62. The first-order valence-corrected chi connectivity index (χ1v) is 9.85. The Morgan fingerprint density at radius 2 is 1.73 bits per heavy atom. The minimum absolute atomic E-state index is 0.0861. The average Bonchev–Trinajstić information content (AvgIpc) is 3.07. The summed E-state index contributed by atoms with van der Waals surface area (Å²) in [6.07, 6.45) is 8.81. The Morgan fingerprint density at radius 1 is 1.12 bits per heavy atom. The molecule has 3 amide bonds. The Kier molecular flexibility index (Phi) is 4.55. The second-order valence-corrected chi connectivity index (χ2v) is 8.77. The summed E-state index contributed by atoms with van der Waals surface area (Å²) >= 11 is 0. The lowest BCUT2D eigenvalue weighted by molar-refractivity contribution is -0.121. The lowest BCUT2D eigenvalue weighted by atomic mass is 9.53. The van der Waals surface area contributed by atoms with Crippen molar-refractivity contribution < 1.29 is 14.0 Å². The number of nitrogens with one attached hydrogen (secondary N) is 3. The maximum Gasteiger partial charge on any atom is 0.321 e. The van der Waals surface area contributed by atoms with E-state index < -0.39 is 6.04 Å². The van der Waals surface area contributed by atoms with Gasteiger partial charge in [0, 0.05) is 5.54 Å². The number of rotatable bonds is 5. The van der Waals surface area contributed by atoms with Crippen LogP contribution in [0.5, 0.6) is 0 Å². The summed E-state index contributed by atoms with van der Waals surface area (Å²) < 4.78 is 5.34. The minimum Gasteiger partial charge on any atom is -0.468 e. The second-order valence-electron chi connectivity index (χ2n) is 8.77. The van der Waals surface area contributed by atoms with Crippen LogP contribution in [0.15, 0.2) is 22.8 Å². The maximum absolute atomic E-state index is 12.5. The third-order valence-electron chi connectivity index (χ3n) is 6.52. The summed E-state index contributed by atoms with van der Waals surface area (Å²) in [5.41, 5.74) is -0.0861. The van der Waals surface area contributed by atoms with Gasteiger partial charge in [0.2, 0.25) is 5.91 Å². The van der Waals surface area contributed by atoms with Crippen molar-refractivity contribution in [3.63, 3.8) is 0 Å². The summed E-state index contributed by atoms with van der Waals surface area (Å²) in [6, 6.07) is 2.74. The van der Waals surface area contributed by atoms with Crippen LogP contribution in [0.25, 0.3) is 0 Å². The SMILES string of the molecule is C[C@@H](N[C@H](C)c1ccco1)C(=O)NC(=O)NC12CC3CC(CC(C3)C1)C2. The standard InChI is InChI=1S/C20H29N3O3/c1-12(17-4-3-5-26-17)21-13(2)18(24)22-19(25)23-20-9-14-6-15(10-20)8-16(7-14)11-20/h3-5,12-16,21H,6-11H2,1-2H3,(H2,22,23,24,25)/t12-,13-,14?,15?,16?,20?/m1/s1. The van der Waals surface area contributed by atoms with Crippen molar-refractivity contribution >= 4 is 11.9 Å². The highest BCUT2D eigenvalue weighted by Gasteiger charge is 2.51. The van der Waals surface area contributed by atoms with E-state index in [-0.39, 0.29) is 23.5 Å². The number of urea groups is 1. The van der Waals surface area contributed by atoms with Gasteiger partial charge in [0.25, 0.3) is 0 Å². The molecule has 0 aliphatic heterocycles. The van der Waals surface area contributed by atoms with Gasteiger partial charge >= 0.3 is 6.03 Å². The number of hydrogen-bond donors (Lipinski definition) is 3. The van der Waals surface area contributed by atoms with E-state index >= 15 is 0 Å². The number of carbonyl (C=O) groups excluding carboxylic acids is 2. The quantitative estimate of drug-likeness (QED) is 0.754. The van der Waals surface area contributed by atoms with Gasteiger partial charge in [-0.2, -0.15) is 0 Å². The molecule has 0 radical (unpaired) electrons. The molecule has 3 N–H and O–H groups in total. The largest absolute Gasteiger partial charge is 0.468 e. The zero-order valence-electron chi connectivity index (χ0n) is 15.6. The molecule has 2 atom stereocenters. The molecule has 142 valence electrons. The lowest BCUT2D eigenvalue weighted by Gasteiger charge is -2.56. The summed E-state index contributed by atoms with van der Waals surface area (Å²) in [7, 11) is 0. The summed E-state index contributed by atoms with van der Waals surface area (Å²) in [4.78, 5) is 24.8. The minimum atomic E-state index is -0.489. The summed E-state index contributed by atoms with van der Waals surface area (Å²) in [6.45, 7) is 3.69. The molecule has 4 saturated carbocycles. The highest BCUT2D eigenvalue weighted by Crippen LogP contribution is 2.55. The predicted octanol–water partition coefficient (Wildman–Crippen LogP) is 3.11. The molecule has 5 rings (SSSR count). The van der Waals surface area contributed by atoms with Crippen LogP contribution >= 0.6 is 0 Å². The van der Waals surface area contributed by atoms with E-state index in [0.717, 1.165) is 42.8 Å². The number of furan rings is 1. The smallest absolute Gasteiger partial charge is 0.321 e. The third-order valence-corrected chi connectivity index (χ3v) is 6.52. The highest BCUT2D eigenvalue weighted by molar-refractivity contribution is 5.97. The monoisotopic (exact) mass is 359 g/mol. The Labute approximate surface area is 154 Å². The van der Waals surface area contributed by atoms with Gasteiger partial charge in [0.1, 0.15) is 5.76 Å². The van der Waals surface area contributed by atoms with E-state index in [0.29, 0.717) is 0 Å². The van der Waals surface area contributed by atoms with Gasteiger partial charge in [-0.3, -0.25) is 15.4 Å². The molecule has 6 heteroatoms. The van der Waals surface area contributed by atoms with E-state index in [1.54, 1.807) is 13.2 Å². The van der Waals surface area contributed by atoms with Gasteiger partial charge in [-0.15, -0.1) is 0 Å². The zero-order valence-corrected chi connectivity index (χ0v) is 15.6. The van der Waals surface area contributed by atoms with Crippen molar-refractivity contribution in [3.8, 4) is 0 Å². The fourth-order valence-corrected chi connectivity index (χ4v) is 5.83. The van der Waals surface area contributed by atoms with Crippen LogP contribution in [0.3, 0.4) is 0 Å². The molecule has 1 aromatic heterocycles. The summed E-state index contributed by atoms with van der Waals surface area (Å²) in [5.74, 6) is 2.72. The van der Waals surface area contributed by atoms with E-state index in [1.807, 2.05) is 19.1 Å². The van der Waals surface area contributed by atoms with Crippen molar-refractivity contribution in [1.82, 2.24) is 16.0 Å². The number of imide groups is 1. The van der Waals surface area contributed by atoms with Crippen molar-refractivity contribution in [1.29, 1.82) is 0 Å². The number of amides is 3. The van der Waals surface area contributed by atoms with Crippen molar-refractivity contribution in [2.75, 3.05) is 0 Å². The Morgan fingerprint density at radius 3 is 2.27 bits per heavy atom. The Hall–Kier alpha value is -1.82. The van der Waals surface area contributed by atoms with Crippen molar-refractivity contribution in [2.45, 2.75) is 70.0 Å². The van der Waals surface area contributed by atoms with E-state index in [1.165, 1.54) is 19.3 Å². The maximum atomic E-state index is 12.5. The topological polar surface area (TPSA) is 83.4 Å². The van der Waals surface area contributed by atoms with Gasteiger partial charge < -0.3 is 9.73 Å². The van der Waals surface area contributed by atoms with E-state index in [2.05, 4.69) is 16.0 Å². The van der Waals surface area contributed by atoms with Crippen LogP contribution in [-0.4, -0.2) is 23.5 Å². The molecule has 4 fully saturated rings. The highest BCUT2D eigenvalue weighted by atomic mass is 16.3. The molecule has 4 aliphatic rings. The van der Waals surface area contributed by atoms with Crippen molar-refractivity contribution in [3.05, 3.63) is 24.2 Å². The average molecular weight is 359 g/mol. The predicted molar refractivity (Wildman–Crippen MR) is 97.3 cm³/mol. The zero-order chi connectivity index (χ0) is 18.3. The van der Waals surface area contributed by atoms with Crippen LogP contribution in [0, 0.1) is 17.8 Å². The molecule has 0 spiro atoms. The third kappa shape index (κ3) is 3.52. The molecule has 0 saturated heterocycles. The Balaban J connectivity index is 1.30. The molecular weight excluding hydrogens is 330 g/mol. The molecule has 0 aromatic carbocycles. The molecule has 26 heavy (non-hydrogen) atoms. The molecular formula is C20H29N3O3. The van der Waals surface area contributed by atoms with Crippen LogP contribution in [0.2, 0.25) is 0 Å².